The van der Waals surface area contributed by atoms with E-state index < -0.39 is 0 Å². The molecule has 2 aromatic rings. The van der Waals surface area contributed by atoms with Crippen molar-refractivity contribution >= 4 is 0 Å². The maximum atomic E-state index is 12.1. The highest BCUT2D eigenvalue weighted by Gasteiger charge is 2.27. The lowest BCUT2D eigenvalue weighted by molar-refractivity contribution is 0.130. The smallest absolute Gasteiger partial charge is 0.299 e. The number of hydrogen-bond acceptors (Lipinski definition) is 5. The summed E-state index contributed by atoms with van der Waals surface area (Å²) in [6, 6.07) is 1.66. The Labute approximate surface area is 133 Å². The summed E-state index contributed by atoms with van der Waals surface area (Å²) in [6.07, 6.45) is 3.21. The third kappa shape index (κ3) is 2.98. The van der Waals surface area contributed by atoms with E-state index in [2.05, 4.69) is 20.1 Å². The molecule has 0 saturated carbocycles. The first-order valence-corrected chi connectivity index (χ1v) is 7.86. The lowest BCUT2D eigenvalue weighted by Gasteiger charge is -2.34. The van der Waals surface area contributed by atoms with E-state index in [9.17, 15) is 9.59 Å². The van der Waals surface area contributed by atoms with Crippen LogP contribution in [0.15, 0.2) is 15.7 Å². The topological polar surface area (TPSA) is 88.8 Å². The fraction of sp³-hybridized carbons (Fsp3) is 0.600. The van der Waals surface area contributed by atoms with Crippen molar-refractivity contribution in [2.24, 2.45) is 14.1 Å². The number of nitrogens with zero attached hydrogens (tertiary/aromatic N) is 5. The third-order valence-corrected chi connectivity index (χ3v) is 4.52. The fourth-order valence-corrected chi connectivity index (χ4v) is 3.12. The minimum atomic E-state index is -0.296. The average molecular weight is 318 g/mol. The number of aromatic nitrogens is 5. The van der Waals surface area contributed by atoms with Crippen LogP contribution < -0.4 is 11.2 Å². The van der Waals surface area contributed by atoms with Crippen LogP contribution in [0.3, 0.4) is 0 Å². The summed E-state index contributed by atoms with van der Waals surface area (Å²) in [6.45, 7) is 3.33. The van der Waals surface area contributed by atoms with Crippen molar-refractivity contribution < 1.29 is 0 Å². The van der Waals surface area contributed by atoms with Gasteiger partial charge in [0, 0.05) is 32.4 Å². The summed E-state index contributed by atoms with van der Waals surface area (Å²) in [5.41, 5.74) is 0.150. The highest BCUT2D eigenvalue weighted by Crippen LogP contribution is 2.29. The SMILES string of the molecule is Cc1nc([C@@H]2CCCCN2Cc2cc(=O)n(C)c(=O)n2C)n[nH]1. The van der Waals surface area contributed by atoms with Crippen LogP contribution in [-0.4, -0.2) is 35.8 Å². The molecule has 0 unspecified atom stereocenters. The summed E-state index contributed by atoms with van der Waals surface area (Å²) < 4.78 is 2.66. The van der Waals surface area contributed by atoms with Gasteiger partial charge in [0.2, 0.25) is 0 Å². The van der Waals surface area contributed by atoms with E-state index in [4.69, 9.17) is 0 Å². The normalized spacial score (nSPS) is 19.2. The van der Waals surface area contributed by atoms with Crippen molar-refractivity contribution in [1.29, 1.82) is 0 Å². The minimum Gasteiger partial charge on any atom is -0.299 e. The Morgan fingerprint density at radius 2 is 2.04 bits per heavy atom. The molecule has 0 spiro atoms. The van der Waals surface area contributed by atoms with Crippen LogP contribution in [0.4, 0.5) is 0 Å². The molecule has 0 aromatic carbocycles. The largest absolute Gasteiger partial charge is 0.330 e. The van der Waals surface area contributed by atoms with Gasteiger partial charge in [-0.05, 0) is 26.3 Å². The Bertz CT molecular complexity index is 818. The van der Waals surface area contributed by atoms with Crippen molar-refractivity contribution in [3.63, 3.8) is 0 Å². The predicted octanol–water partition coefficient (Wildman–Crippen LogP) is 0.238. The lowest BCUT2D eigenvalue weighted by atomic mass is 10.0. The molecule has 0 amide bonds. The van der Waals surface area contributed by atoms with Crippen molar-refractivity contribution in [3.8, 4) is 0 Å². The fourth-order valence-electron chi connectivity index (χ4n) is 3.12. The quantitative estimate of drug-likeness (QED) is 0.875. The second-order valence-corrected chi connectivity index (χ2v) is 6.14. The monoisotopic (exact) mass is 318 g/mol. The highest BCUT2D eigenvalue weighted by atomic mass is 16.2. The molecule has 0 bridgehead atoms. The molecule has 124 valence electrons. The Morgan fingerprint density at radius 1 is 1.26 bits per heavy atom. The van der Waals surface area contributed by atoms with Gasteiger partial charge in [0.15, 0.2) is 5.82 Å². The van der Waals surface area contributed by atoms with Gasteiger partial charge in [-0.1, -0.05) is 6.42 Å². The van der Waals surface area contributed by atoms with Gasteiger partial charge in [-0.25, -0.2) is 9.78 Å². The molecule has 1 saturated heterocycles. The van der Waals surface area contributed by atoms with Crippen molar-refractivity contribution in [3.05, 3.63) is 44.2 Å². The molecule has 8 nitrogen and oxygen atoms in total. The van der Waals surface area contributed by atoms with Gasteiger partial charge in [0.1, 0.15) is 5.82 Å². The second-order valence-electron chi connectivity index (χ2n) is 6.14. The van der Waals surface area contributed by atoms with Crippen LogP contribution in [0.25, 0.3) is 0 Å². The molecule has 1 atom stereocenters. The van der Waals surface area contributed by atoms with Gasteiger partial charge >= 0.3 is 5.69 Å². The molecule has 8 heteroatoms. The highest BCUT2D eigenvalue weighted by molar-refractivity contribution is 5.05. The summed E-state index contributed by atoms with van der Waals surface area (Å²) in [5, 5.41) is 7.18. The van der Waals surface area contributed by atoms with Gasteiger partial charge in [0.05, 0.1) is 6.04 Å². The van der Waals surface area contributed by atoms with Crippen LogP contribution in [-0.2, 0) is 20.6 Å². The summed E-state index contributed by atoms with van der Waals surface area (Å²) in [7, 11) is 3.20. The number of H-pyrrole nitrogens is 1. The van der Waals surface area contributed by atoms with E-state index in [-0.39, 0.29) is 17.3 Å². The zero-order valence-electron chi connectivity index (χ0n) is 13.7. The Hall–Kier alpha value is -2.22. The molecule has 2 aromatic heterocycles. The van der Waals surface area contributed by atoms with Gasteiger partial charge in [-0.3, -0.25) is 23.9 Å². The lowest BCUT2D eigenvalue weighted by Crippen LogP contribution is -2.41. The van der Waals surface area contributed by atoms with E-state index in [1.54, 1.807) is 7.05 Å². The van der Waals surface area contributed by atoms with Crippen LogP contribution in [0.5, 0.6) is 0 Å². The Balaban J connectivity index is 1.91. The molecule has 3 heterocycles. The molecular formula is C15H22N6O2. The van der Waals surface area contributed by atoms with E-state index in [0.29, 0.717) is 6.54 Å². The summed E-state index contributed by atoms with van der Waals surface area (Å²) >= 11 is 0. The average Bonchev–Trinajstić information content (AvgIpc) is 2.97. The molecule has 0 aliphatic carbocycles. The van der Waals surface area contributed by atoms with Crippen LogP contribution >= 0.6 is 0 Å². The summed E-state index contributed by atoms with van der Waals surface area (Å²) in [5.74, 6) is 1.59. The van der Waals surface area contributed by atoms with Crippen LogP contribution in [0.2, 0.25) is 0 Å². The number of likely N-dealkylation sites (tertiary alicyclic amines) is 1. The maximum Gasteiger partial charge on any atom is 0.330 e. The first kappa shape index (κ1) is 15.7. The van der Waals surface area contributed by atoms with Gasteiger partial charge in [0.25, 0.3) is 5.56 Å². The third-order valence-electron chi connectivity index (χ3n) is 4.52. The Morgan fingerprint density at radius 3 is 2.74 bits per heavy atom. The summed E-state index contributed by atoms with van der Waals surface area (Å²) in [4.78, 5) is 30.7. The molecule has 1 fully saturated rings. The molecule has 23 heavy (non-hydrogen) atoms. The first-order valence-electron chi connectivity index (χ1n) is 7.86. The van der Waals surface area contributed by atoms with E-state index in [1.165, 1.54) is 17.7 Å². The second kappa shape index (κ2) is 6.11. The van der Waals surface area contributed by atoms with Crippen molar-refractivity contribution in [1.82, 2.24) is 29.2 Å². The molecule has 1 aliphatic rings. The zero-order chi connectivity index (χ0) is 16.6. The number of piperidine rings is 1. The maximum absolute atomic E-state index is 12.1. The Kier molecular flexibility index (Phi) is 4.16. The molecule has 1 aliphatic heterocycles. The molecule has 0 radical (unpaired) electrons. The number of hydrogen-bond donors (Lipinski definition) is 1. The number of rotatable bonds is 3. The van der Waals surface area contributed by atoms with Crippen molar-refractivity contribution in [2.75, 3.05) is 6.54 Å². The van der Waals surface area contributed by atoms with Gasteiger partial charge in [-0.2, -0.15) is 5.10 Å². The van der Waals surface area contributed by atoms with Crippen LogP contribution in [0, 0.1) is 6.92 Å². The number of aromatic amines is 1. The number of aryl methyl sites for hydroxylation is 1. The first-order chi connectivity index (χ1) is 11.0. The minimum absolute atomic E-state index is 0.118. The standard InChI is InChI=1S/C15H22N6O2/c1-10-16-14(18-17-10)12-6-4-5-7-21(12)9-11-8-13(22)20(3)15(23)19(11)2/h8,12H,4-7,9H2,1-3H3,(H,16,17,18)/t12-/m0/s1. The molecule has 3 rings (SSSR count). The van der Waals surface area contributed by atoms with E-state index >= 15 is 0 Å². The van der Waals surface area contributed by atoms with Gasteiger partial charge < -0.3 is 0 Å². The van der Waals surface area contributed by atoms with Crippen LogP contribution in [0.1, 0.15) is 42.6 Å². The van der Waals surface area contributed by atoms with E-state index in [1.807, 2.05) is 6.92 Å². The number of nitrogens with one attached hydrogen (secondary N) is 1. The molecular weight excluding hydrogens is 296 g/mol. The van der Waals surface area contributed by atoms with Gasteiger partial charge in [-0.15, -0.1) is 0 Å². The predicted molar refractivity (Wildman–Crippen MR) is 85.0 cm³/mol. The molecule has 1 N–H and O–H groups in total. The zero-order valence-corrected chi connectivity index (χ0v) is 13.7. The van der Waals surface area contributed by atoms with Crippen molar-refractivity contribution in [2.45, 2.75) is 38.8 Å². The van der Waals surface area contributed by atoms with E-state index in [0.717, 1.165) is 47.7 Å².